The van der Waals surface area contributed by atoms with E-state index in [0.29, 0.717) is 34.7 Å². The number of aromatic nitrogens is 2. The van der Waals surface area contributed by atoms with E-state index in [2.05, 4.69) is 28.4 Å². The molecule has 0 aliphatic rings. The number of hydrogen-bond acceptors (Lipinski definition) is 5. The van der Waals surface area contributed by atoms with E-state index in [9.17, 15) is 4.79 Å². The molecule has 0 fully saturated rings. The smallest absolute Gasteiger partial charge is 0.255 e. The molecule has 1 aromatic heterocycles. The lowest BCUT2D eigenvalue weighted by Crippen LogP contribution is -2.24. The second-order valence-corrected chi connectivity index (χ2v) is 8.45. The third-order valence-electron chi connectivity index (χ3n) is 4.55. The Kier molecular flexibility index (Phi) is 8.48. The highest BCUT2D eigenvalue weighted by atomic mass is 35.5. The summed E-state index contributed by atoms with van der Waals surface area (Å²) in [6.07, 6.45) is 3.61. The molecule has 7 heteroatoms. The number of nitrogens with one attached hydrogen (secondary N) is 1. The van der Waals surface area contributed by atoms with Gasteiger partial charge in [-0.05, 0) is 36.8 Å². The first kappa shape index (κ1) is 23.6. The lowest BCUT2D eigenvalue weighted by atomic mass is 10.1. The van der Waals surface area contributed by atoms with Crippen LogP contribution in [0.3, 0.4) is 0 Å². The van der Waals surface area contributed by atoms with Gasteiger partial charge in [0, 0.05) is 36.2 Å². The van der Waals surface area contributed by atoms with Crippen LogP contribution in [-0.4, -0.2) is 29.0 Å². The Morgan fingerprint density at radius 2 is 1.81 bits per heavy atom. The van der Waals surface area contributed by atoms with Gasteiger partial charge in [-0.1, -0.05) is 65.3 Å². The third-order valence-corrected chi connectivity index (χ3v) is 5.66. The first-order valence-electron chi connectivity index (χ1n) is 10.1. The molecule has 0 spiro atoms. The van der Waals surface area contributed by atoms with Crippen LogP contribution >= 0.6 is 23.4 Å². The van der Waals surface area contributed by atoms with Gasteiger partial charge in [-0.15, -0.1) is 13.2 Å². The molecule has 0 aliphatic heterocycles. The van der Waals surface area contributed by atoms with Gasteiger partial charge in [0.15, 0.2) is 5.16 Å². The van der Waals surface area contributed by atoms with Crippen molar-refractivity contribution in [1.82, 2.24) is 9.97 Å². The molecule has 1 amide bonds. The van der Waals surface area contributed by atoms with Crippen LogP contribution in [0.2, 0.25) is 5.15 Å². The van der Waals surface area contributed by atoms with Crippen LogP contribution in [0, 0.1) is 6.92 Å². The molecule has 2 aromatic carbocycles. The fraction of sp³-hybridized carbons (Fsp3) is 0.160. The van der Waals surface area contributed by atoms with Gasteiger partial charge in [-0.3, -0.25) is 4.79 Å². The lowest BCUT2D eigenvalue weighted by molar-refractivity contribution is 0.102. The summed E-state index contributed by atoms with van der Waals surface area (Å²) in [6, 6.07) is 17.0. The van der Waals surface area contributed by atoms with E-state index in [1.165, 1.54) is 11.8 Å². The highest BCUT2D eigenvalue weighted by Gasteiger charge is 2.11. The van der Waals surface area contributed by atoms with E-state index in [1.807, 2.05) is 54.3 Å². The van der Waals surface area contributed by atoms with Crippen molar-refractivity contribution in [2.75, 3.05) is 23.3 Å². The molecule has 164 valence electrons. The number of carbonyl (C=O) groups excluding carboxylic acids is 1. The quantitative estimate of drug-likeness (QED) is 0.168. The maximum Gasteiger partial charge on any atom is 0.255 e. The summed E-state index contributed by atoms with van der Waals surface area (Å²) < 4.78 is 0. The van der Waals surface area contributed by atoms with Gasteiger partial charge in [0.1, 0.15) is 11.0 Å². The first-order valence-corrected chi connectivity index (χ1v) is 11.5. The molecular formula is C25H25ClN4OS. The molecule has 0 atom stereocenters. The fourth-order valence-electron chi connectivity index (χ4n) is 2.98. The highest BCUT2D eigenvalue weighted by Crippen LogP contribution is 2.25. The number of amides is 1. The van der Waals surface area contributed by atoms with Crippen LogP contribution < -0.4 is 10.2 Å². The van der Waals surface area contributed by atoms with Gasteiger partial charge >= 0.3 is 0 Å². The lowest BCUT2D eigenvalue weighted by Gasteiger charge is -2.20. The van der Waals surface area contributed by atoms with Crippen molar-refractivity contribution in [3.63, 3.8) is 0 Å². The predicted molar refractivity (Wildman–Crippen MR) is 135 cm³/mol. The van der Waals surface area contributed by atoms with Crippen molar-refractivity contribution in [1.29, 1.82) is 0 Å². The highest BCUT2D eigenvalue weighted by molar-refractivity contribution is 7.98. The van der Waals surface area contributed by atoms with Crippen LogP contribution in [0.4, 0.5) is 11.5 Å². The van der Waals surface area contributed by atoms with Crippen molar-refractivity contribution < 1.29 is 4.79 Å². The Morgan fingerprint density at radius 3 is 2.50 bits per heavy atom. The molecule has 1 N–H and O–H groups in total. The van der Waals surface area contributed by atoms with Crippen LogP contribution in [0.5, 0.6) is 0 Å². The minimum atomic E-state index is -0.147. The van der Waals surface area contributed by atoms with Crippen LogP contribution in [0.25, 0.3) is 0 Å². The Morgan fingerprint density at radius 1 is 1.09 bits per heavy atom. The monoisotopic (exact) mass is 464 g/mol. The molecule has 5 nitrogen and oxygen atoms in total. The van der Waals surface area contributed by atoms with Crippen LogP contribution in [0.15, 0.2) is 85.1 Å². The molecule has 1 heterocycles. The number of hydrogen-bond donors (Lipinski definition) is 1. The largest absolute Gasteiger partial charge is 0.349 e. The number of anilines is 2. The van der Waals surface area contributed by atoms with Gasteiger partial charge in [-0.25, -0.2) is 9.97 Å². The summed E-state index contributed by atoms with van der Waals surface area (Å²) in [5.41, 5.74) is 3.50. The minimum absolute atomic E-state index is 0.147. The van der Waals surface area contributed by atoms with E-state index in [1.54, 1.807) is 24.3 Å². The molecule has 0 unspecified atom stereocenters. The Balaban J connectivity index is 1.69. The number of benzene rings is 2. The zero-order valence-corrected chi connectivity index (χ0v) is 19.5. The third kappa shape index (κ3) is 6.70. The average Bonchev–Trinajstić information content (AvgIpc) is 2.79. The molecule has 32 heavy (non-hydrogen) atoms. The summed E-state index contributed by atoms with van der Waals surface area (Å²) in [7, 11) is 0. The van der Waals surface area contributed by atoms with Crippen molar-refractivity contribution in [2.45, 2.75) is 17.8 Å². The normalized spacial score (nSPS) is 10.4. The van der Waals surface area contributed by atoms with E-state index < -0.39 is 0 Å². The molecule has 3 aromatic rings. The van der Waals surface area contributed by atoms with E-state index in [-0.39, 0.29) is 5.91 Å². The van der Waals surface area contributed by atoms with Gasteiger partial charge in [0.05, 0.1) is 0 Å². The molecule has 0 aliphatic carbocycles. The zero-order chi connectivity index (χ0) is 22.9. The molecule has 3 rings (SSSR count). The minimum Gasteiger partial charge on any atom is -0.349 e. The Labute approximate surface area is 198 Å². The first-order chi connectivity index (χ1) is 15.5. The van der Waals surface area contributed by atoms with Crippen molar-refractivity contribution >= 4 is 40.8 Å². The second kappa shape index (κ2) is 11.5. The maximum absolute atomic E-state index is 12.6. The topological polar surface area (TPSA) is 58.1 Å². The number of carbonyl (C=O) groups is 1. The van der Waals surface area contributed by atoms with E-state index in [4.69, 9.17) is 11.6 Å². The SMILES string of the molecule is C=CCN(CC=C)c1cc(Cl)nc(SCc2cccc(C(=O)Nc3ccc(C)cc3)c2)n1. The number of thioether (sulfide) groups is 1. The number of nitrogens with zero attached hydrogens (tertiary/aromatic N) is 3. The van der Waals surface area contributed by atoms with E-state index in [0.717, 1.165) is 22.6 Å². The molecule has 0 radical (unpaired) electrons. The summed E-state index contributed by atoms with van der Waals surface area (Å²) in [5, 5.41) is 3.87. The Bertz CT molecular complexity index is 1090. The number of halogens is 1. The maximum atomic E-state index is 12.6. The van der Waals surface area contributed by atoms with Crippen LogP contribution in [-0.2, 0) is 5.75 Å². The summed E-state index contributed by atoms with van der Waals surface area (Å²) in [6.45, 7) is 10.8. The molecular weight excluding hydrogens is 440 g/mol. The predicted octanol–water partition coefficient (Wildman–Crippen LogP) is 6.16. The van der Waals surface area contributed by atoms with Crippen molar-refractivity contribution in [3.8, 4) is 0 Å². The van der Waals surface area contributed by atoms with Crippen molar-refractivity contribution in [3.05, 3.63) is 102 Å². The molecule has 0 bridgehead atoms. The zero-order valence-electron chi connectivity index (χ0n) is 17.9. The van der Waals surface area contributed by atoms with E-state index >= 15 is 0 Å². The fourth-order valence-corrected chi connectivity index (χ4v) is 4.00. The van der Waals surface area contributed by atoms with Gasteiger partial charge < -0.3 is 10.2 Å². The second-order valence-electron chi connectivity index (χ2n) is 7.12. The number of rotatable bonds is 10. The Hall–Kier alpha value is -3.09. The van der Waals surface area contributed by atoms with Gasteiger partial charge in [-0.2, -0.15) is 0 Å². The van der Waals surface area contributed by atoms with Gasteiger partial charge in [0.2, 0.25) is 0 Å². The van der Waals surface area contributed by atoms with Crippen LogP contribution in [0.1, 0.15) is 21.5 Å². The number of aryl methyl sites for hydroxylation is 1. The standard InChI is InChI=1S/C25H25ClN4OS/c1-4-13-30(14-5-2)23-16-22(26)28-25(29-23)32-17-19-7-6-8-20(15-19)24(31)27-21-11-9-18(3)10-12-21/h4-12,15-16H,1-2,13-14,17H2,3H3,(H,27,31). The summed E-state index contributed by atoms with van der Waals surface area (Å²) in [5.74, 6) is 1.18. The summed E-state index contributed by atoms with van der Waals surface area (Å²) in [4.78, 5) is 23.6. The van der Waals surface area contributed by atoms with Gasteiger partial charge in [0.25, 0.3) is 5.91 Å². The average molecular weight is 465 g/mol. The molecule has 0 saturated heterocycles. The summed E-state index contributed by atoms with van der Waals surface area (Å²) >= 11 is 7.70. The van der Waals surface area contributed by atoms with Crippen molar-refractivity contribution in [2.24, 2.45) is 0 Å². The molecule has 0 saturated carbocycles.